The number of nitrogens with zero attached hydrogens (tertiary/aromatic N) is 3. The lowest BCUT2D eigenvalue weighted by molar-refractivity contribution is 0.143. The van der Waals surface area contributed by atoms with Crippen LogP contribution in [0.15, 0.2) is 53.7 Å². The molecule has 0 saturated heterocycles. The van der Waals surface area contributed by atoms with Crippen molar-refractivity contribution in [1.82, 2.24) is 20.5 Å². The number of rotatable bonds is 12. The molecule has 0 radical (unpaired) electrons. The minimum absolute atomic E-state index is 0.454. The third-order valence-corrected chi connectivity index (χ3v) is 4.93. The Hall–Kier alpha value is -2.64. The molecule has 0 aliphatic rings. The van der Waals surface area contributed by atoms with Crippen LogP contribution in [0.3, 0.4) is 0 Å². The van der Waals surface area contributed by atoms with E-state index in [1.165, 1.54) is 5.56 Å². The molecule has 0 aliphatic heterocycles. The fourth-order valence-electron chi connectivity index (χ4n) is 2.96. The van der Waals surface area contributed by atoms with Gasteiger partial charge in [0.1, 0.15) is 6.61 Å². The Morgan fingerprint density at radius 1 is 1.13 bits per heavy atom. The van der Waals surface area contributed by atoms with Gasteiger partial charge in [0.2, 0.25) is 5.88 Å². The molecule has 2 rings (SSSR count). The topological polar surface area (TPSA) is 71.0 Å². The molecule has 0 amide bonds. The van der Waals surface area contributed by atoms with Crippen molar-refractivity contribution < 1.29 is 9.47 Å². The van der Waals surface area contributed by atoms with Crippen LogP contribution in [0.5, 0.6) is 5.88 Å². The molecule has 7 heteroatoms. The summed E-state index contributed by atoms with van der Waals surface area (Å²) in [6.45, 7) is 5.62. The van der Waals surface area contributed by atoms with Crippen molar-refractivity contribution in [3.05, 3.63) is 59.8 Å². The zero-order chi connectivity index (χ0) is 21.6. The van der Waals surface area contributed by atoms with E-state index in [1.54, 1.807) is 20.4 Å². The van der Waals surface area contributed by atoms with Crippen LogP contribution in [0.25, 0.3) is 0 Å². The van der Waals surface area contributed by atoms with Gasteiger partial charge in [-0.15, -0.1) is 0 Å². The van der Waals surface area contributed by atoms with Crippen molar-refractivity contribution in [3.63, 3.8) is 0 Å². The van der Waals surface area contributed by atoms with Crippen LogP contribution in [-0.2, 0) is 17.8 Å². The minimum atomic E-state index is 0.454. The van der Waals surface area contributed by atoms with Gasteiger partial charge in [-0.3, -0.25) is 9.89 Å². The first kappa shape index (κ1) is 23.6. The van der Waals surface area contributed by atoms with Crippen LogP contribution in [0.2, 0.25) is 0 Å². The lowest BCUT2D eigenvalue weighted by atomic mass is 10.1. The van der Waals surface area contributed by atoms with E-state index in [0.29, 0.717) is 31.7 Å². The van der Waals surface area contributed by atoms with Crippen molar-refractivity contribution in [2.75, 3.05) is 41.0 Å². The molecule has 1 aromatic heterocycles. The van der Waals surface area contributed by atoms with Crippen molar-refractivity contribution >= 4 is 5.96 Å². The van der Waals surface area contributed by atoms with Crippen LogP contribution in [-0.4, -0.2) is 62.8 Å². The Bertz CT molecular complexity index is 754. The smallest absolute Gasteiger partial charge is 0.218 e. The summed E-state index contributed by atoms with van der Waals surface area (Å²) in [4.78, 5) is 11.0. The largest absolute Gasteiger partial charge is 0.475 e. The van der Waals surface area contributed by atoms with Gasteiger partial charge >= 0.3 is 0 Å². The highest BCUT2D eigenvalue weighted by Crippen LogP contribution is 2.13. The first-order valence-corrected chi connectivity index (χ1v) is 10.4. The van der Waals surface area contributed by atoms with Gasteiger partial charge < -0.3 is 20.1 Å². The van der Waals surface area contributed by atoms with Gasteiger partial charge in [-0.25, -0.2) is 4.98 Å². The quantitative estimate of drug-likeness (QED) is 0.317. The van der Waals surface area contributed by atoms with Gasteiger partial charge in [0.15, 0.2) is 5.96 Å². The van der Waals surface area contributed by atoms with Crippen molar-refractivity contribution in [1.29, 1.82) is 0 Å². The Kier molecular flexibility index (Phi) is 10.7. The highest BCUT2D eigenvalue weighted by Gasteiger charge is 2.10. The number of nitrogens with one attached hydrogen (secondary N) is 2. The molecule has 0 fully saturated rings. The maximum absolute atomic E-state index is 5.69. The summed E-state index contributed by atoms with van der Waals surface area (Å²) in [5.74, 6) is 1.38. The zero-order valence-corrected chi connectivity index (χ0v) is 18.6. The van der Waals surface area contributed by atoms with E-state index in [2.05, 4.69) is 69.8 Å². The molecule has 0 spiro atoms. The highest BCUT2D eigenvalue weighted by molar-refractivity contribution is 5.79. The normalized spacial score (nSPS) is 12.6. The van der Waals surface area contributed by atoms with Gasteiger partial charge in [-0.05, 0) is 32.0 Å². The van der Waals surface area contributed by atoms with Gasteiger partial charge in [-0.2, -0.15) is 0 Å². The molecular weight excluding hydrogens is 378 g/mol. The fraction of sp³-hybridized carbons (Fsp3) is 0.478. The number of aromatic nitrogens is 1. The fourth-order valence-corrected chi connectivity index (χ4v) is 2.96. The van der Waals surface area contributed by atoms with Crippen molar-refractivity contribution in [3.8, 4) is 5.88 Å². The average Bonchev–Trinajstić information content (AvgIpc) is 2.77. The summed E-state index contributed by atoms with van der Waals surface area (Å²) in [7, 11) is 5.60. The van der Waals surface area contributed by atoms with Crippen LogP contribution in [0.4, 0.5) is 0 Å². The Morgan fingerprint density at radius 3 is 2.67 bits per heavy atom. The predicted octanol–water partition coefficient (Wildman–Crippen LogP) is 2.68. The molecular formula is C23H35N5O2. The molecule has 1 heterocycles. The summed E-state index contributed by atoms with van der Waals surface area (Å²) >= 11 is 0. The highest BCUT2D eigenvalue weighted by atomic mass is 16.5. The van der Waals surface area contributed by atoms with Crippen LogP contribution in [0.1, 0.15) is 24.5 Å². The number of ether oxygens (including phenoxy) is 2. The molecule has 164 valence electrons. The summed E-state index contributed by atoms with van der Waals surface area (Å²) in [5.41, 5.74) is 2.31. The summed E-state index contributed by atoms with van der Waals surface area (Å²) < 4.78 is 10.7. The van der Waals surface area contributed by atoms with E-state index in [4.69, 9.17) is 9.47 Å². The molecule has 1 atom stereocenters. The van der Waals surface area contributed by atoms with E-state index in [9.17, 15) is 0 Å². The van der Waals surface area contributed by atoms with Gasteiger partial charge in [0.25, 0.3) is 0 Å². The summed E-state index contributed by atoms with van der Waals surface area (Å²) in [6, 6.07) is 14.9. The Labute approximate surface area is 180 Å². The number of hydrogen-bond acceptors (Lipinski definition) is 5. The lowest BCUT2D eigenvalue weighted by Crippen LogP contribution is -2.39. The summed E-state index contributed by atoms with van der Waals surface area (Å²) in [5, 5.41) is 6.73. The second kappa shape index (κ2) is 13.6. The monoisotopic (exact) mass is 413 g/mol. The molecule has 1 aromatic carbocycles. The third-order valence-electron chi connectivity index (χ3n) is 4.93. The van der Waals surface area contributed by atoms with E-state index >= 15 is 0 Å². The second-order valence-electron chi connectivity index (χ2n) is 7.20. The third kappa shape index (κ3) is 8.39. The average molecular weight is 414 g/mol. The predicted molar refractivity (Wildman–Crippen MR) is 122 cm³/mol. The number of pyridine rings is 1. The van der Waals surface area contributed by atoms with Crippen LogP contribution in [0, 0.1) is 0 Å². The lowest BCUT2D eigenvalue weighted by Gasteiger charge is -2.25. The first-order valence-electron chi connectivity index (χ1n) is 10.4. The molecule has 1 unspecified atom stereocenters. The van der Waals surface area contributed by atoms with Crippen LogP contribution < -0.4 is 15.4 Å². The van der Waals surface area contributed by atoms with E-state index in [0.717, 1.165) is 31.0 Å². The molecule has 0 saturated carbocycles. The van der Waals surface area contributed by atoms with Crippen molar-refractivity contribution in [2.45, 2.75) is 32.5 Å². The number of aliphatic imine (C=N–C) groups is 1. The van der Waals surface area contributed by atoms with E-state index < -0.39 is 0 Å². The van der Waals surface area contributed by atoms with Gasteiger partial charge in [0.05, 0.1) is 6.61 Å². The van der Waals surface area contributed by atoms with E-state index in [-0.39, 0.29) is 0 Å². The van der Waals surface area contributed by atoms with Gasteiger partial charge in [0, 0.05) is 51.6 Å². The molecule has 2 N–H and O–H groups in total. The standard InChI is InChI=1S/C23H35N5O2/c1-19(28(3)18-20-9-6-5-7-10-20)12-14-26-23(24-2)27-17-21-11-8-13-25-22(21)30-16-15-29-4/h5-11,13,19H,12,14-18H2,1-4H3,(H2,24,26,27). The number of hydrogen-bond donors (Lipinski definition) is 2. The molecule has 0 bridgehead atoms. The minimum Gasteiger partial charge on any atom is -0.475 e. The van der Waals surface area contributed by atoms with Gasteiger partial charge in [-0.1, -0.05) is 36.4 Å². The molecule has 30 heavy (non-hydrogen) atoms. The summed E-state index contributed by atoms with van der Waals surface area (Å²) in [6.07, 6.45) is 2.74. The molecule has 0 aliphatic carbocycles. The first-order chi connectivity index (χ1) is 14.6. The van der Waals surface area contributed by atoms with E-state index in [1.807, 2.05) is 12.1 Å². The number of guanidine groups is 1. The molecule has 2 aromatic rings. The SMILES string of the molecule is CN=C(NCCC(C)N(C)Cc1ccccc1)NCc1cccnc1OCCOC. The Morgan fingerprint density at radius 2 is 1.93 bits per heavy atom. The molecule has 7 nitrogen and oxygen atoms in total. The zero-order valence-electron chi connectivity index (χ0n) is 18.6. The number of benzene rings is 1. The number of methoxy groups -OCH3 is 1. The van der Waals surface area contributed by atoms with Crippen molar-refractivity contribution in [2.24, 2.45) is 4.99 Å². The maximum Gasteiger partial charge on any atom is 0.218 e. The van der Waals surface area contributed by atoms with Crippen LogP contribution >= 0.6 is 0 Å². The second-order valence-corrected chi connectivity index (χ2v) is 7.20. The Balaban J connectivity index is 1.74. The maximum atomic E-state index is 5.69.